The third kappa shape index (κ3) is 3.27. The van der Waals surface area contributed by atoms with Gasteiger partial charge in [0.05, 0.1) is 4.90 Å². The van der Waals surface area contributed by atoms with Crippen LogP contribution in [0.15, 0.2) is 58.3 Å². The molecule has 0 fully saturated rings. The summed E-state index contributed by atoms with van der Waals surface area (Å²) in [6.45, 7) is 0. The Bertz CT molecular complexity index is 720. The van der Waals surface area contributed by atoms with E-state index in [-0.39, 0.29) is 9.79 Å². The fourth-order valence-electron chi connectivity index (χ4n) is 1.59. The number of benzene rings is 2. The highest BCUT2D eigenvalue weighted by molar-refractivity contribution is 7.85. The van der Waals surface area contributed by atoms with E-state index in [1.54, 1.807) is 18.2 Å². The molecule has 0 saturated heterocycles. The van der Waals surface area contributed by atoms with Gasteiger partial charge in [-0.3, -0.25) is 8.76 Å². The van der Waals surface area contributed by atoms with Crippen molar-refractivity contribution in [3.8, 4) is 11.1 Å². The maximum Gasteiger partial charge on any atom is 0.294 e. The van der Waals surface area contributed by atoms with Crippen LogP contribution in [0.3, 0.4) is 0 Å². The summed E-state index contributed by atoms with van der Waals surface area (Å²) >= 11 is -2.30. The van der Waals surface area contributed by atoms with E-state index in [1.165, 1.54) is 30.3 Å². The fraction of sp³-hybridized carbons (Fsp3) is 0. The second-order valence-corrected chi connectivity index (χ2v) is 6.12. The Morgan fingerprint density at radius 1 is 1.00 bits per heavy atom. The van der Waals surface area contributed by atoms with E-state index in [9.17, 15) is 17.2 Å². The van der Waals surface area contributed by atoms with Gasteiger partial charge in [0, 0.05) is 4.90 Å². The zero-order chi connectivity index (χ0) is 14.0. The SMILES string of the molecule is O=S([O-])c1ccc(-c2cccc(S(=O)(=O)O)c2)cc1. The Morgan fingerprint density at radius 2 is 1.63 bits per heavy atom. The van der Waals surface area contributed by atoms with Crippen molar-refractivity contribution in [1.29, 1.82) is 0 Å². The van der Waals surface area contributed by atoms with Crippen LogP contribution in [0.5, 0.6) is 0 Å². The minimum absolute atomic E-state index is 0.148. The normalized spacial score (nSPS) is 13.2. The van der Waals surface area contributed by atoms with Gasteiger partial charge in [0.15, 0.2) is 0 Å². The molecule has 100 valence electrons. The molecule has 0 amide bonds. The molecule has 19 heavy (non-hydrogen) atoms. The minimum atomic E-state index is -4.25. The fourth-order valence-corrected chi connectivity index (χ4v) is 2.48. The molecule has 5 nitrogen and oxygen atoms in total. The quantitative estimate of drug-likeness (QED) is 0.689. The lowest BCUT2D eigenvalue weighted by atomic mass is 10.1. The van der Waals surface area contributed by atoms with E-state index in [4.69, 9.17) is 4.55 Å². The molecule has 2 aromatic carbocycles. The molecular formula is C12H9O5S2-. The molecule has 1 atom stereocenters. The van der Waals surface area contributed by atoms with E-state index in [0.29, 0.717) is 11.1 Å². The summed E-state index contributed by atoms with van der Waals surface area (Å²) in [5.74, 6) is 0. The predicted octanol–water partition coefficient (Wildman–Crippen LogP) is 1.84. The monoisotopic (exact) mass is 297 g/mol. The first-order valence-corrected chi connectivity index (χ1v) is 7.67. The Kier molecular flexibility index (Phi) is 3.81. The van der Waals surface area contributed by atoms with Crippen LogP contribution >= 0.6 is 0 Å². The van der Waals surface area contributed by atoms with Gasteiger partial charge in [-0.25, -0.2) is 0 Å². The summed E-state index contributed by atoms with van der Waals surface area (Å²) in [6, 6.07) is 11.7. The van der Waals surface area contributed by atoms with Crippen molar-refractivity contribution < 1.29 is 21.7 Å². The molecule has 0 heterocycles. The third-order valence-corrected chi connectivity index (χ3v) is 4.02. The molecule has 0 radical (unpaired) electrons. The van der Waals surface area contributed by atoms with Crippen molar-refractivity contribution in [3.63, 3.8) is 0 Å². The van der Waals surface area contributed by atoms with E-state index >= 15 is 0 Å². The standard InChI is InChI=1S/C12H10O5S2/c13-18(14)11-6-4-9(5-7-11)10-2-1-3-12(8-10)19(15,16)17/h1-8H,(H,13,14)(H,15,16,17)/p-1. The molecule has 7 heteroatoms. The molecule has 0 aliphatic carbocycles. The lowest BCUT2D eigenvalue weighted by Gasteiger charge is -2.07. The molecule has 0 aromatic heterocycles. The van der Waals surface area contributed by atoms with Crippen molar-refractivity contribution in [1.82, 2.24) is 0 Å². The lowest BCUT2D eigenvalue weighted by molar-refractivity contribution is 0.483. The molecule has 1 N–H and O–H groups in total. The van der Waals surface area contributed by atoms with Crippen molar-refractivity contribution in [2.75, 3.05) is 0 Å². The van der Waals surface area contributed by atoms with Crippen LogP contribution in [0.2, 0.25) is 0 Å². The average molecular weight is 297 g/mol. The Balaban J connectivity index is 2.45. The van der Waals surface area contributed by atoms with Crippen LogP contribution in [0.1, 0.15) is 0 Å². The number of hydrogen-bond donors (Lipinski definition) is 1. The maximum atomic E-state index is 11.0. The minimum Gasteiger partial charge on any atom is -0.768 e. The van der Waals surface area contributed by atoms with Crippen molar-refractivity contribution in [2.45, 2.75) is 9.79 Å². The van der Waals surface area contributed by atoms with Gasteiger partial charge >= 0.3 is 0 Å². The van der Waals surface area contributed by atoms with Crippen LogP contribution in [-0.2, 0) is 21.2 Å². The highest BCUT2D eigenvalue weighted by Gasteiger charge is 2.10. The van der Waals surface area contributed by atoms with Gasteiger partial charge in [-0.2, -0.15) is 8.42 Å². The first kappa shape index (κ1) is 13.9. The van der Waals surface area contributed by atoms with Crippen molar-refractivity contribution in [3.05, 3.63) is 48.5 Å². The zero-order valence-electron chi connectivity index (χ0n) is 9.52. The van der Waals surface area contributed by atoms with Gasteiger partial charge in [0.25, 0.3) is 10.1 Å². The molecule has 1 unspecified atom stereocenters. The van der Waals surface area contributed by atoms with Crippen LogP contribution in [-0.4, -0.2) is 21.7 Å². The second-order valence-electron chi connectivity index (χ2n) is 3.76. The third-order valence-electron chi connectivity index (χ3n) is 2.51. The summed E-state index contributed by atoms with van der Waals surface area (Å²) in [5.41, 5.74) is 1.22. The van der Waals surface area contributed by atoms with Gasteiger partial charge in [0.1, 0.15) is 0 Å². The van der Waals surface area contributed by atoms with Crippen LogP contribution in [0.4, 0.5) is 0 Å². The highest BCUT2D eigenvalue weighted by Crippen LogP contribution is 2.23. The van der Waals surface area contributed by atoms with Crippen LogP contribution in [0.25, 0.3) is 11.1 Å². The van der Waals surface area contributed by atoms with Gasteiger partial charge in [0.2, 0.25) is 0 Å². The van der Waals surface area contributed by atoms with E-state index in [2.05, 4.69) is 0 Å². The molecule has 0 aliphatic rings. The summed E-state index contributed by atoms with van der Waals surface area (Å²) in [4.78, 5) is -0.0591. The van der Waals surface area contributed by atoms with Crippen molar-refractivity contribution in [2.24, 2.45) is 0 Å². The molecule has 0 spiro atoms. The molecule has 0 saturated carbocycles. The van der Waals surface area contributed by atoms with Gasteiger partial charge in [-0.1, -0.05) is 24.3 Å². The highest BCUT2D eigenvalue weighted by atomic mass is 32.2. The first-order valence-electron chi connectivity index (χ1n) is 5.15. The zero-order valence-corrected chi connectivity index (χ0v) is 11.1. The van der Waals surface area contributed by atoms with Crippen molar-refractivity contribution >= 4 is 21.2 Å². The summed E-state index contributed by atoms with van der Waals surface area (Å²) in [5, 5.41) is 0. The van der Waals surface area contributed by atoms with E-state index in [1.807, 2.05) is 0 Å². The van der Waals surface area contributed by atoms with Crippen LogP contribution in [0, 0.1) is 0 Å². The molecule has 2 aromatic rings. The van der Waals surface area contributed by atoms with E-state index in [0.717, 1.165) is 0 Å². The molecule has 0 aliphatic heterocycles. The summed E-state index contributed by atoms with van der Waals surface area (Å²) in [6.07, 6.45) is 0. The summed E-state index contributed by atoms with van der Waals surface area (Å²) in [7, 11) is -4.25. The second kappa shape index (κ2) is 5.22. The Labute approximate surface area is 112 Å². The largest absolute Gasteiger partial charge is 0.768 e. The Hall–Kier alpha value is -1.54. The number of hydrogen-bond acceptors (Lipinski definition) is 4. The molecule has 2 rings (SSSR count). The Morgan fingerprint density at radius 3 is 2.16 bits per heavy atom. The average Bonchev–Trinajstić information content (AvgIpc) is 2.38. The smallest absolute Gasteiger partial charge is 0.294 e. The lowest BCUT2D eigenvalue weighted by Crippen LogP contribution is -1.97. The molecule has 0 bridgehead atoms. The topological polar surface area (TPSA) is 94.5 Å². The van der Waals surface area contributed by atoms with E-state index < -0.39 is 21.2 Å². The number of rotatable bonds is 3. The van der Waals surface area contributed by atoms with Gasteiger partial charge < -0.3 is 4.55 Å². The van der Waals surface area contributed by atoms with Gasteiger partial charge in [-0.15, -0.1) is 0 Å². The summed E-state index contributed by atoms with van der Waals surface area (Å²) < 4.78 is 52.5. The maximum absolute atomic E-state index is 11.0. The predicted molar refractivity (Wildman–Crippen MR) is 68.9 cm³/mol. The first-order chi connectivity index (χ1) is 8.88. The van der Waals surface area contributed by atoms with Gasteiger partial charge in [-0.05, 0) is 46.5 Å². The van der Waals surface area contributed by atoms with Crippen LogP contribution < -0.4 is 0 Å². The molecular weight excluding hydrogens is 288 g/mol.